The van der Waals surface area contributed by atoms with Gasteiger partial charge in [-0.05, 0) is 31.5 Å². The van der Waals surface area contributed by atoms with Gasteiger partial charge in [0.05, 0.1) is 16.6 Å². The molecule has 0 bridgehead atoms. The fourth-order valence-electron chi connectivity index (χ4n) is 3.29. The molecule has 6 nitrogen and oxygen atoms in total. The van der Waals surface area contributed by atoms with Gasteiger partial charge in [-0.1, -0.05) is 0 Å². The van der Waals surface area contributed by atoms with Gasteiger partial charge in [0.2, 0.25) is 0 Å². The lowest BCUT2D eigenvalue weighted by Crippen LogP contribution is -2.29. The highest BCUT2D eigenvalue weighted by molar-refractivity contribution is 5.66. The first-order chi connectivity index (χ1) is 9.63. The van der Waals surface area contributed by atoms with E-state index in [0.717, 1.165) is 39.0 Å². The van der Waals surface area contributed by atoms with Crippen molar-refractivity contribution in [3.63, 3.8) is 0 Å². The SMILES string of the molecule is N#Cc1ccc([N+](=O)[O-])c(N2CCC3(CCNC3)C2)c1. The van der Waals surface area contributed by atoms with Crippen molar-refractivity contribution in [2.75, 3.05) is 31.1 Å². The summed E-state index contributed by atoms with van der Waals surface area (Å²) in [6, 6.07) is 6.64. The maximum absolute atomic E-state index is 11.2. The summed E-state index contributed by atoms with van der Waals surface area (Å²) in [4.78, 5) is 12.9. The van der Waals surface area contributed by atoms with E-state index in [4.69, 9.17) is 5.26 Å². The average molecular weight is 272 g/mol. The summed E-state index contributed by atoms with van der Waals surface area (Å²) in [6.45, 7) is 3.65. The van der Waals surface area contributed by atoms with Crippen LogP contribution in [0.3, 0.4) is 0 Å². The van der Waals surface area contributed by atoms with Crippen LogP contribution in [0.5, 0.6) is 0 Å². The Morgan fingerprint density at radius 2 is 2.30 bits per heavy atom. The Bertz CT molecular complexity index is 587. The molecule has 0 saturated carbocycles. The molecule has 0 amide bonds. The molecule has 20 heavy (non-hydrogen) atoms. The quantitative estimate of drug-likeness (QED) is 0.654. The number of nitrogens with one attached hydrogen (secondary N) is 1. The van der Waals surface area contributed by atoms with Gasteiger partial charge < -0.3 is 10.2 Å². The third-order valence-corrected chi connectivity index (χ3v) is 4.41. The van der Waals surface area contributed by atoms with Crippen LogP contribution in [-0.4, -0.2) is 31.1 Å². The molecule has 2 saturated heterocycles. The number of nitrogens with zero attached hydrogens (tertiary/aromatic N) is 3. The van der Waals surface area contributed by atoms with Crippen molar-refractivity contribution in [2.24, 2.45) is 5.41 Å². The molecule has 2 aliphatic rings. The fourth-order valence-corrected chi connectivity index (χ4v) is 3.29. The Kier molecular flexibility index (Phi) is 3.07. The van der Waals surface area contributed by atoms with Crippen molar-refractivity contribution in [3.05, 3.63) is 33.9 Å². The van der Waals surface area contributed by atoms with E-state index in [0.29, 0.717) is 11.3 Å². The lowest BCUT2D eigenvalue weighted by Gasteiger charge is -2.23. The summed E-state index contributed by atoms with van der Waals surface area (Å²) in [5, 5.41) is 23.5. The maximum atomic E-state index is 11.2. The van der Waals surface area contributed by atoms with Gasteiger partial charge >= 0.3 is 0 Å². The standard InChI is InChI=1S/C14H16N4O2/c15-8-11-1-2-12(18(19)20)13(7-11)17-6-4-14(10-17)3-5-16-9-14/h1-2,7,16H,3-6,9-10H2. The maximum Gasteiger partial charge on any atom is 0.292 e. The number of hydrogen-bond acceptors (Lipinski definition) is 5. The molecule has 104 valence electrons. The molecule has 0 aliphatic carbocycles. The lowest BCUT2D eigenvalue weighted by atomic mass is 9.86. The van der Waals surface area contributed by atoms with Crippen molar-refractivity contribution in [3.8, 4) is 6.07 Å². The van der Waals surface area contributed by atoms with Crippen molar-refractivity contribution in [1.82, 2.24) is 5.32 Å². The first-order valence-electron chi connectivity index (χ1n) is 6.78. The average Bonchev–Trinajstić information content (AvgIpc) is 3.09. The molecular formula is C14H16N4O2. The molecule has 1 N–H and O–H groups in total. The molecule has 2 heterocycles. The normalized spacial score (nSPS) is 25.1. The molecule has 2 fully saturated rings. The zero-order valence-corrected chi connectivity index (χ0v) is 11.1. The first kappa shape index (κ1) is 12.9. The van der Waals surface area contributed by atoms with Gasteiger partial charge in [0.1, 0.15) is 5.69 Å². The van der Waals surface area contributed by atoms with E-state index >= 15 is 0 Å². The lowest BCUT2D eigenvalue weighted by molar-refractivity contribution is -0.384. The van der Waals surface area contributed by atoms with Crippen molar-refractivity contribution in [1.29, 1.82) is 5.26 Å². The van der Waals surface area contributed by atoms with E-state index in [-0.39, 0.29) is 16.0 Å². The Morgan fingerprint density at radius 1 is 1.45 bits per heavy atom. The molecule has 2 aliphatic heterocycles. The summed E-state index contributed by atoms with van der Waals surface area (Å²) >= 11 is 0. The predicted molar refractivity (Wildman–Crippen MR) is 74.6 cm³/mol. The number of nitro groups is 1. The summed E-state index contributed by atoms with van der Waals surface area (Å²) in [5.74, 6) is 0. The second kappa shape index (κ2) is 4.76. The second-order valence-corrected chi connectivity index (χ2v) is 5.67. The minimum atomic E-state index is -0.367. The van der Waals surface area contributed by atoms with Gasteiger partial charge in [0.15, 0.2) is 0 Å². The van der Waals surface area contributed by atoms with E-state index < -0.39 is 0 Å². The second-order valence-electron chi connectivity index (χ2n) is 5.67. The van der Waals surface area contributed by atoms with Crippen LogP contribution in [0.4, 0.5) is 11.4 Å². The molecule has 3 rings (SSSR count). The van der Waals surface area contributed by atoms with E-state index in [1.54, 1.807) is 6.07 Å². The van der Waals surface area contributed by atoms with Crippen LogP contribution in [0.25, 0.3) is 0 Å². The van der Waals surface area contributed by atoms with Crippen LogP contribution in [0, 0.1) is 26.9 Å². The molecule has 1 aromatic carbocycles. The Labute approximate surface area is 117 Å². The van der Waals surface area contributed by atoms with E-state index in [9.17, 15) is 10.1 Å². The van der Waals surface area contributed by atoms with Gasteiger partial charge in [-0.2, -0.15) is 5.26 Å². The van der Waals surface area contributed by atoms with Crippen LogP contribution in [0.15, 0.2) is 18.2 Å². The van der Waals surface area contributed by atoms with Crippen LogP contribution in [0.2, 0.25) is 0 Å². The summed E-state index contributed by atoms with van der Waals surface area (Å²) in [5.41, 5.74) is 1.39. The number of hydrogen-bond donors (Lipinski definition) is 1. The smallest absolute Gasteiger partial charge is 0.292 e. The Morgan fingerprint density at radius 3 is 2.95 bits per heavy atom. The third-order valence-electron chi connectivity index (χ3n) is 4.41. The highest BCUT2D eigenvalue weighted by atomic mass is 16.6. The van der Waals surface area contributed by atoms with Crippen LogP contribution in [-0.2, 0) is 0 Å². The summed E-state index contributed by atoms with van der Waals surface area (Å²) < 4.78 is 0. The van der Waals surface area contributed by atoms with E-state index in [2.05, 4.69) is 16.3 Å². The largest absolute Gasteiger partial charge is 0.365 e. The van der Waals surface area contributed by atoms with Gasteiger partial charge in [-0.3, -0.25) is 10.1 Å². The molecule has 1 atom stereocenters. The van der Waals surface area contributed by atoms with Crippen molar-refractivity contribution in [2.45, 2.75) is 12.8 Å². The van der Waals surface area contributed by atoms with E-state index in [1.165, 1.54) is 12.1 Å². The zero-order chi connectivity index (χ0) is 14.2. The van der Waals surface area contributed by atoms with Gasteiger partial charge in [0, 0.05) is 31.1 Å². The van der Waals surface area contributed by atoms with Crippen molar-refractivity contribution >= 4 is 11.4 Å². The highest BCUT2D eigenvalue weighted by Crippen LogP contribution is 2.41. The van der Waals surface area contributed by atoms with Crippen LogP contribution < -0.4 is 10.2 Å². The number of nitriles is 1. The van der Waals surface area contributed by atoms with Gasteiger partial charge in [-0.15, -0.1) is 0 Å². The number of rotatable bonds is 2. The Hall–Kier alpha value is -2.13. The topological polar surface area (TPSA) is 82.2 Å². The first-order valence-corrected chi connectivity index (χ1v) is 6.78. The summed E-state index contributed by atoms with van der Waals surface area (Å²) in [6.07, 6.45) is 2.17. The van der Waals surface area contributed by atoms with Gasteiger partial charge in [-0.25, -0.2) is 0 Å². The summed E-state index contributed by atoms with van der Waals surface area (Å²) in [7, 11) is 0. The fraction of sp³-hybridized carbons (Fsp3) is 0.500. The molecule has 6 heteroatoms. The Balaban J connectivity index is 1.93. The highest BCUT2D eigenvalue weighted by Gasteiger charge is 2.41. The van der Waals surface area contributed by atoms with E-state index in [1.807, 2.05) is 0 Å². The number of anilines is 1. The molecule has 1 spiro atoms. The van der Waals surface area contributed by atoms with Crippen LogP contribution in [0.1, 0.15) is 18.4 Å². The monoisotopic (exact) mass is 272 g/mol. The number of benzene rings is 1. The predicted octanol–water partition coefficient (Wildman–Crippen LogP) is 1.66. The molecule has 1 unspecified atom stereocenters. The van der Waals surface area contributed by atoms with Crippen LogP contribution >= 0.6 is 0 Å². The number of nitro benzene ring substituents is 1. The van der Waals surface area contributed by atoms with Crippen molar-refractivity contribution < 1.29 is 4.92 Å². The minimum Gasteiger partial charge on any atom is -0.365 e. The zero-order valence-electron chi connectivity index (χ0n) is 11.1. The molecule has 0 aromatic heterocycles. The van der Waals surface area contributed by atoms with Gasteiger partial charge in [0.25, 0.3) is 5.69 Å². The molecular weight excluding hydrogens is 256 g/mol. The third kappa shape index (κ3) is 2.10. The molecule has 1 aromatic rings. The molecule has 0 radical (unpaired) electrons. The minimum absolute atomic E-state index is 0.0898.